The fraction of sp³-hybridized carbons (Fsp3) is 0.633. The van der Waals surface area contributed by atoms with Crippen molar-refractivity contribution in [3.8, 4) is 11.3 Å². The number of amides is 2. The minimum Gasteiger partial charge on any atom is -0.465 e. The normalized spacial score (nSPS) is 28.3. The topological polar surface area (TPSA) is 181 Å². The van der Waals surface area contributed by atoms with Gasteiger partial charge in [0.15, 0.2) is 17.5 Å². The van der Waals surface area contributed by atoms with Crippen LogP contribution in [0.4, 0.5) is 18.0 Å². The second-order valence-corrected chi connectivity index (χ2v) is 12.3. The van der Waals surface area contributed by atoms with Crippen LogP contribution in [0.1, 0.15) is 31.7 Å². The number of carbonyl (C=O) groups is 2. The number of hydrogen-bond donors (Lipinski definition) is 3. The molecule has 1 aromatic carbocycles. The molecule has 6 rings (SSSR count). The number of likely N-dealkylation sites (tertiary alicyclic amines) is 1. The third kappa shape index (κ3) is 7.26. The lowest BCUT2D eigenvalue weighted by atomic mass is 9.86. The number of aromatic nitrogens is 3. The molecule has 4 aliphatic rings. The van der Waals surface area contributed by atoms with Crippen LogP contribution in [0.2, 0.25) is 0 Å². The highest BCUT2D eigenvalue weighted by Crippen LogP contribution is 2.37. The number of aliphatic hydroxyl groups is 2. The summed E-state index contributed by atoms with van der Waals surface area (Å²) in [4.78, 5) is 33.1. The molecular weight excluding hydrogens is 645 g/mol. The van der Waals surface area contributed by atoms with Crippen molar-refractivity contribution in [2.24, 2.45) is 11.1 Å². The van der Waals surface area contributed by atoms with Crippen molar-refractivity contribution in [1.82, 2.24) is 24.8 Å². The standard InChI is InChI=1S/C30H37F3N6O9/c31-19-9-17(10-20(32)26(19)33)22-13-39(36-34-22)27-28(42)24(14-40)47-23(29(27)46-15-25(41)37-5-7-45-8-6-37)12-18-11-21(35-48-18)16-1-3-38(4-2-16)30(43)44/h9-10,13,16,18,23-24,27-29,40,42H,1-8,11-12,14-15H2,(H,43,44)/t18-,23-,24-,27+,28+,29+/m1/s1. The maximum absolute atomic E-state index is 14.0. The van der Waals surface area contributed by atoms with E-state index >= 15 is 0 Å². The highest BCUT2D eigenvalue weighted by Gasteiger charge is 2.49. The van der Waals surface area contributed by atoms with Crippen molar-refractivity contribution >= 4 is 17.7 Å². The summed E-state index contributed by atoms with van der Waals surface area (Å²) in [5.41, 5.74) is 0.668. The number of halogens is 3. The van der Waals surface area contributed by atoms with E-state index in [1.54, 1.807) is 4.90 Å². The molecule has 4 aliphatic heterocycles. The average molecular weight is 683 g/mol. The smallest absolute Gasteiger partial charge is 0.407 e. The molecule has 2 aromatic rings. The number of ether oxygens (including phenoxy) is 3. The van der Waals surface area contributed by atoms with E-state index in [-0.39, 0.29) is 36.1 Å². The van der Waals surface area contributed by atoms with Crippen LogP contribution in [0.5, 0.6) is 0 Å². The number of rotatable bonds is 9. The molecule has 3 N–H and O–H groups in total. The zero-order valence-corrected chi connectivity index (χ0v) is 25.9. The van der Waals surface area contributed by atoms with E-state index in [2.05, 4.69) is 15.5 Å². The molecule has 48 heavy (non-hydrogen) atoms. The lowest BCUT2D eigenvalue weighted by Crippen LogP contribution is -2.58. The van der Waals surface area contributed by atoms with Gasteiger partial charge in [0.1, 0.15) is 42.8 Å². The van der Waals surface area contributed by atoms with E-state index in [9.17, 15) is 38.1 Å². The van der Waals surface area contributed by atoms with E-state index in [1.807, 2.05) is 0 Å². The Hall–Kier alpha value is -3.84. The number of carboxylic acid groups (broad SMARTS) is 1. The minimum atomic E-state index is -1.63. The van der Waals surface area contributed by atoms with Gasteiger partial charge in [-0.3, -0.25) is 4.79 Å². The Balaban J connectivity index is 1.23. The van der Waals surface area contributed by atoms with Crippen molar-refractivity contribution in [2.45, 2.75) is 62.2 Å². The number of oxime groups is 1. The van der Waals surface area contributed by atoms with Crippen LogP contribution in [0.15, 0.2) is 23.5 Å². The van der Waals surface area contributed by atoms with Crippen LogP contribution in [-0.4, -0.2) is 141 Å². The van der Waals surface area contributed by atoms with Gasteiger partial charge in [-0.1, -0.05) is 10.4 Å². The van der Waals surface area contributed by atoms with Gasteiger partial charge in [-0.25, -0.2) is 22.6 Å². The summed E-state index contributed by atoms with van der Waals surface area (Å²) in [6.07, 6.45) is -2.81. The first-order valence-corrected chi connectivity index (χ1v) is 15.8. The number of piperidine rings is 1. The van der Waals surface area contributed by atoms with E-state index in [0.717, 1.165) is 17.8 Å². The van der Waals surface area contributed by atoms with Crippen LogP contribution in [0, 0.1) is 23.4 Å². The minimum absolute atomic E-state index is 0.0298. The number of aliphatic hydroxyl groups excluding tert-OH is 2. The summed E-state index contributed by atoms with van der Waals surface area (Å²) in [7, 11) is 0. The maximum atomic E-state index is 14.0. The van der Waals surface area contributed by atoms with Gasteiger partial charge in [0, 0.05) is 50.5 Å². The van der Waals surface area contributed by atoms with Gasteiger partial charge in [-0.05, 0) is 25.0 Å². The summed E-state index contributed by atoms with van der Waals surface area (Å²) in [6.45, 7) is 1.32. The SMILES string of the molecule is O=C(O)N1CCC(C2=NO[C@@H](C[C@H]3O[C@H](CO)[C@H](O)[C@H](n4cc(-c5cc(F)c(F)c(F)c5)nn4)[C@H]3OCC(=O)N3CCOCC3)C2)CC1. The van der Waals surface area contributed by atoms with Crippen LogP contribution in [0.3, 0.4) is 0 Å². The predicted molar refractivity (Wildman–Crippen MR) is 157 cm³/mol. The molecule has 0 radical (unpaired) electrons. The highest BCUT2D eigenvalue weighted by atomic mass is 19.2. The van der Waals surface area contributed by atoms with Crippen molar-refractivity contribution in [2.75, 3.05) is 52.6 Å². The average Bonchev–Trinajstić information content (AvgIpc) is 3.77. The monoisotopic (exact) mass is 682 g/mol. The summed E-state index contributed by atoms with van der Waals surface area (Å²) >= 11 is 0. The molecule has 3 fully saturated rings. The molecule has 0 spiro atoms. The number of carbonyl (C=O) groups excluding carboxylic acids is 1. The van der Waals surface area contributed by atoms with Gasteiger partial charge in [0.2, 0.25) is 5.91 Å². The molecule has 0 bridgehead atoms. The molecule has 0 unspecified atom stereocenters. The zero-order valence-electron chi connectivity index (χ0n) is 25.9. The summed E-state index contributed by atoms with van der Waals surface area (Å²) in [5, 5.41) is 43.2. The predicted octanol–water partition coefficient (Wildman–Crippen LogP) is 1.19. The summed E-state index contributed by atoms with van der Waals surface area (Å²) in [5.74, 6) is -4.74. The van der Waals surface area contributed by atoms with Gasteiger partial charge in [-0.2, -0.15) is 0 Å². The van der Waals surface area contributed by atoms with Gasteiger partial charge in [0.25, 0.3) is 0 Å². The van der Waals surface area contributed by atoms with Gasteiger partial charge in [0.05, 0.1) is 37.8 Å². The Labute approximate surface area is 272 Å². The summed E-state index contributed by atoms with van der Waals surface area (Å²) in [6, 6.07) is 0.432. The number of benzene rings is 1. The summed E-state index contributed by atoms with van der Waals surface area (Å²) < 4.78 is 60.5. The Morgan fingerprint density at radius 3 is 2.40 bits per heavy atom. The third-order valence-corrected chi connectivity index (χ3v) is 9.31. The molecule has 5 heterocycles. The van der Waals surface area contributed by atoms with E-state index in [4.69, 9.17) is 19.0 Å². The van der Waals surface area contributed by atoms with Crippen LogP contribution in [0.25, 0.3) is 11.3 Å². The van der Waals surface area contributed by atoms with Crippen molar-refractivity contribution in [1.29, 1.82) is 0 Å². The Morgan fingerprint density at radius 1 is 1.02 bits per heavy atom. The van der Waals surface area contributed by atoms with E-state index in [0.29, 0.717) is 58.7 Å². The van der Waals surface area contributed by atoms with Crippen LogP contribution >= 0.6 is 0 Å². The second kappa shape index (κ2) is 14.7. The number of nitrogens with zero attached hydrogens (tertiary/aromatic N) is 6. The quantitative estimate of drug-likeness (QED) is 0.324. The molecule has 0 saturated carbocycles. The largest absolute Gasteiger partial charge is 0.465 e. The molecule has 3 saturated heterocycles. The molecule has 6 atom stereocenters. The first kappa shape index (κ1) is 34.0. The number of hydrogen-bond acceptors (Lipinski definition) is 11. The molecule has 1 aromatic heterocycles. The molecule has 15 nitrogen and oxygen atoms in total. The van der Waals surface area contributed by atoms with Crippen molar-refractivity contribution < 1.29 is 57.1 Å². The van der Waals surface area contributed by atoms with Gasteiger partial charge in [-0.15, -0.1) is 5.10 Å². The number of morpholine rings is 1. The third-order valence-electron chi connectivity index (χ3n) is 9.31. The fourth-order valence-electron chi connectivity index (χ4n) is 6.68. The van der Waals surface area contributed by atoms with Gasteiger partial charge >= 0.3 is 6.09 Å². The molecule has 2 amide bonds. The van der Waals surface area contributed by atoms with E-state index < -0.39 is 66.7 Å². The van der Waals surface area contributed by atoms with Crippen LogP contribution < -0.4 is 0 Å². The van der Waals surface area contributed by atoms with Crippen LogP contribution in [-0.2, 0) is 23.8 Å². The maximum Gasteiger partial charge on any atom is 0.407 e. The van der Waals surface area contributed by atoms with E-state index in [1.165, 1.54) is 15.8 Å². The van der Waals surface area contributed by atoms with Crippen molar-refractivity contribution in [3.63, 3.8) is 0 Å². The molecule has 262 valence electrons. The Kier molecular flexibility index (Phi) is 10.4. The van der Waals surface area contributed by atoms with Crippen molar-refractivity contribution in [3.05, 3.63) is 35.8 Å². The molecule has 0 aliphatic carbocycles. The first-order valence-electron chi connectivity index (χ1n) is 15.8. The second-order valence-electron chi connectivity index (χ2n) is 12.3. The lowest BCUT2D eigenvalue weighted by molar-refractivity contribution is -0.225. The first-order chi connectivity index (χ1) is 23.1. The van der Waals surface area contributed by atoms with Gasteiger partial charge < -0.3 is 44.2 Å². The lowest BCUT2D eigenvalue weighted by Gasteiger charge is -2.44. The Morgan fingerprint density at radius 2 is 1.73 bits per heavy atom. The molecule has 18 heteroatoms. The zero-order chi connectivity index (χ0) is 33.9. The fourth-order valence-corrected chi connectivity index (χ4v) is 6.68. The Bertz CT molecular complexity index is 1480. The highest BCUT2D eigenvalue weighted by molar-refractivity contribution is 5.88. The molecular formula is C30H37F3N6O9.